The standard InChI is InChI=1S/C9H13NO2/c1-6(10)5-7-3-2-4-8(11)9(7)12/h2-4,6,11-12H,5,10H2,1H3/t6-/m0/s1. The van der Waals surface area contributed by atoms with Crippen molar-refractivity contribution < 1.29 is 10.2 Å². The first kappa shape index (κ1) is 8.87. The molecule has 0 bridgehead atoms. The van der Waals surface area contributed by atoms with E-state index in [4.69, 9.17) is 10.8 Å². The molecule has 0 saturated heterocycles. The van der Waals surface area contributed by atoms with Gasteiger partial charge in [-0.1, -0.05) is 12.1 Å². The molecule has 1 atom stereocenters. The van der Waals surface area contributed by atoms with Crippen LogP contribution >= 0.6 is 0 Å². The molecular formula is C9H13NO2. The number of nitrogens with two attached hydrogens (primary N) is 1. The summed E-state index contributed by atoms with van der Waals surface area (Å²) in [7, 11) is 0. The van der Waals surface area contributed by atoms with E-state index in [9.17, 15) is 5.11 Å². The molecule has 0 unspecified atom stereocenters. The average molecular weight is 167 g/mol. The number of hydrogen-bond donors (Lipinski definition) is 3. The van der Waals surface area contributed by atoms with Crippen LogP contribution < -0.4 is 5.73 Å². The summed E-state index contributed by atoms with van der Waals surface area (Å²) in [5.41, 5.74) is 6.24. The highest BCUT2D eigenvalue weighted by Gasteiger charge is 2.06. The van der Waals surface area contributed by atoms with Gasteiger partial charge in [-0.05, 0) is 25.0 Å². The summed E-state index contributed by atoms with van der Waals surface area (Å²) in [6.07, 6.45) is 0.570. The third-order valence-corrected chi connectivity index (χ3v) is 1.64. The van der Waals surface area contributed by atoms with Crippen LogP contribution in [0.3, 0.4) is 0 Å². The second-order valence-corrected chi connectivity index (χ2v) is 2.97. The average Bonchev–Trinajstić information content (AvgIpc) is 1.98. The molecule has 0 heterocycles. The third-order valence-electron chi connectivity index (χ3n) is 1.64. The van der Waals surface area contributed by atoms with E-state index < -0.39 is 0 Å². The smallest absolute Gasteiger partial charge is 0.160 e. The molecule has 0 aliphatic carbocycles. The summed E-state index contributed by atoms with van der Waals surface area (Å²) in [6.45, 7) is 1.85. The number of phenolic OH excluding ortho intramolecular Hbond substituents is 2. The predicted octanol–water partition coefficient (Wildman–Crippen LogP) is 0.987. The first-order valence-corrected chi connectivity index (χ1v) is 3.86. The minimum absolute atomic E-state index is 0.0160. The van der Waals surface area contributed by atoms with Crippen molar-refractivity contribution in [2.24, 2.45) is 5.73 Å². The molecule has 3 nitrogen and oxygen atoms in total. The molecule has 1 aromatic carbocycles. The molecule has 0 fully saturated rings. The van der Waals surface area contributed by atoms with Crippen LogP contribution in [0.25, 0.3) is 0 Å². The minimum atomic E-state index is -0.0897. The number of aromatic hydroxyl groups is 2. The van der Waals surface area contributed by atoms with Crippen molar-refractivity contribution in [3.8, 4) is 11.5 Å². The Labute approximate surface area is 71.5 Å². The van der Waals surface area contributed by atoms with Crippen LogP contribution in [0.1, 0.15) is 12.5 Å². The molecule has 0 amide bonds. The van der Waals surface area contributed by atoms with Gasteiger partial charge in [0, 0.05) is 6.04 Å². The molecule has 0 spiro atoms. The molecule has 0 aliphatic rings. The fourth-order valence-electron chi connectivity index (χ4n) is 1.09. The van der Waals surface area contributed by atoms with Gasteiger partial charge in [0.25, 0.3) is 0 Å². The van der Waals surface area contributed by atoms with E-state index in [1.54, 1.807) is 12.1 Å². The van der Waals surface area contributed by atoms with Gasteiger partial charge < -0.3 is 15.9 Å². The van der Waals surface area contributed by atoms with E-state index in [2.05, 4.69) is 0 Å². The topological polar surface area (TPSA) is 66.5 Å². The van der Waals surface area contributed by atoms with Gasteiger partial charge in [0.2, 0.25) is 0 Å². The predicted molar refractivity (Wildman–Crippen MR) is 47.1 cm³/mol. The van der Waals surface area contributed by atoms with E-state index >= 15 is 0 Å². The Balaban J connectivity index is 2.92. The number of para-hydroxylation sites is 1. The van der Waals surface area contributed by atoms with E-state index in [-0.39, 0.29) is 17.5 Å². The lowest BCUT2D eigenvalue weighted by Crippen LogP contribution is -2.17. The summed E-state index contributed by atoms with van der Waals surface area (Å²) in [6, 6.07) is 4.86. The summed E-state index contributed by atoms with van der Waals surface area (Å²) < 4.78 is 0. The Morgan fingerprint density at radius 1 is 1.42 bits per heavy atom. The summed E-state index contributed by atoms with van der Waals surface area (Å²) >= 11 is 0. The second kappa shape index (κ2) is 3.45. The monoisotopic (exact) mass is 167 g/mol. The molecule has 0 saturated carbocycles. The lowest BCUT2D eigenvalue weighted by molar-refractivity contribution is 0.398. The van der Waals surface area contributed by atoms with Crippen LogP contribution in [0, 0.1) is 0 Å². The first-order valence-electron chi connectivity index (χ1n) is 3.86. The van der Waals surface area contributed by atoms with Crippen LogP contribution in [0.15, 0.2) is 18.2 Å². The Morgan fingerprint density at radius 3 is 2.67 bits per heavy atom. The molecule has 0 aromatic heterocycles. The molecule has 3 heteroatoms. The van der Waals surface area contributed by atoms with Crippen molar-refractivity contribution in [3.63, 3.8) is 0 Å². The van der Waals surface area contributed by atoms with Crippen molar-refractivity contribution in [1.82, 2.24) is 0 Å². The van der Waals surface area contributed by atoms with Crippen molar-refractivity contribution in [2.45, 2.75) is 19.4 Å². The van der Waals surface area contributed by atoms with E-state index in [0.717, 1.165) is 0 Å². The molecule has 0 radical (unpaired) electrons. The molecular weight excluding hydrogens is 154 g/mol. The Bertz CT molecular complexity index is 271. The normalized spacial score (nSPS) is 12.8. The van der Waals surface area contributed by atoms with Crippen LogP contribution in [-0.4, -0.2) is 16.3 Å². The van der Waals surface area contributed by atoms with E-state index in [1.807, 2.05) is 6.92 Å². The highest BCUT2D eigenvalue weighted by molar-refractivity contribution is 5.44. The molecule has 12 heavy (non-hydrogen) atoms. The maximum absolute atomic E-state index is 9.34. The minimum Gasteiger partial charge on any atom is -0.504 e. The first-order chi connectivity index (χ1) is 5.61. The number of phenols is 2. The zero-order valence-corrected chi connectivity index (χ0v) is 6.99. The molecule has 0 aliphatic heterocycles. The van der Waals surface area contributed by atoms with Gasteiger partial charge in [0.05, 0.1) is 0 Å². The van der Waals surface area contributed by atoms with Crippen molar-refractivity contribution in [1.29, 1.82) is 0 Å². The number of hydrogen-bond acceptors (Lipinski definition) is 3. The summed E-state index contributed by atoms with van der Waals surface area (Å²) in [5.74, 6) is -0.150. The van der Waals surface area contributed by atoms with Gasteiger partial charge in [0.1, 0.15) is 0 Å². The molecule has 4 N–H and O–H groups in total. The maximum atomic E-state index is 9.34. The van der Waals surface area contributed by atoms with Crippen LogP contribution in [0.5, 0.6) is 11.5 Å². The fraction of sp³-hybridized carbons (Fsp3) is 0.333. The zero-order valence-electron chi connectivity index (χ0n) is 6.99. The molecule has 1 aromatic rings. The van der Waals surface area contributed by atoms with E-state index in [1.165, 1.54) is 6.07 Å². The fourth-order valence-corrected chi connectivity index (χ4v) is 1.09. The largest absolute Gasteiger partial charge is 0.504 e. The Morgan fingerprint density at radius 2 is 2.08 bits per heavy atom. The lowest BCUT2D eigenvalue weighted by Gasteiger charge is -2.07. The zero-order chi connectivity index (χ0) is 9.14. The van der Waals surface area contributed by atoms with Crippen molar-refractivity contribution in [2.75, 3.05) is 0 Å². The Hall–Kier alpha value is -1.22. The lowest BCUT2D eigenvalue weighted by atomic mass is 10.1. The van der Waals surface area contributed by atoms with Crippen LogP contribution in [0.4, 0.5) is 0 Å². The summed E-state index contributed by atoms with van der Waals surface area (Å²) in [5, 5.41) is 18.5. The Kier molecular flexibility index (Phi) is 2.55. The van der Waals surface area contributed by atoms with Crippen LogP contribution in [-0.2, 0) is 6.42 Å². The highest BCUT2D eigenvalue weighted by Crippen LogP contribution is 2.28. The molecule has 66 valence electrons. The van der Waals surface area contributed by atoms with Crippen molar-refractivity contribution in [3.05, 3.63) is 23.8 Å². The van der Waals surface area contributed by atoms with Crippen LogP contribution in [0.2, 0.25) is 0 Å². The quantitative estimate of drug-likeness (QED) is 0.575. The second-order valence-electron chi connectivity index (χ2n) is 2.97. The van der Waals surface area contributed by atoms with Gasteiger partial charge in [-0.15, -0.1) is 0 Å². The van der Waals surface area contributed by atoms with Gasteiger partial charge in [-0.2, -0.15) is 0 Å². The number of benzene rings is 1. The maximum Gasteiger partial charge on any atom is 0.160 e. The number of rotatable bonds is 2. The third kappa shape index (κ3) is 1.89. The van der Waals surface area contributed by atoms with E-state index in [0.29, 0.717) is 12.0 Å². The SMILES string of the molecule is C[C@H](N)Cc1cccc(O)c1O. The summed E-state index contributed by atoms with van der Waals surface area (Å²) in [4.78, 5) is 0. The van der Waals surface area contributed by atoms with Gasteiger partial charge in [-0.25, -0.2) is 0 Å². The molecule has 1 rings (SSSR count). The van der Waals surface area contributed by atoms with Gasteiger partial charge in [0.15, 0.2) is 11.5 Å². The highest BCUT2D eigenvalue weighted by atomic mass is 16.3. The van der Waals surface area contributed by atoms with Gasteiger partial charge in [-0.3, -0.25) is 0 Å². The van der Waals surface area contributed by atoms with Gasteiger partial charge >= 0.3 is 0 Å². The van der Waals surface area contributed by atoms with Crippen molar-refractivity contribution >= 4 is 0 Å².